The van der Waals surface area contributed by atoms with Gasteiger partial charge < -0.3 is 9.47 Å². The van der Waals surface area contributed by atoms with Crippen molar-refractivity contribution in [2.45, 2.75) is 12.4 Å². The van der Waals surface area contributed by atoms with E-state index in [1.165, 1.54) is 24.3 Å². The first kappa shape index (κ1) is 11.3. The summed E-state index contributed by atoms with van der Waals surface area (Å²) >= 11 is 0. The van der Waals surface area contributed by atoms with Crippen molar-refractivity contribution in [1.29, 1.82) is 0 Å². The first-order valence-electron chi connectivity index (χ1n) is 6.27. The van der Waals surface area contributed by atoms with Gasteiger partial charge >= 0.3 is 0 Å². The van der Waals surface area contributed by atoms with E-state index in [0.717, 1.165) is 0 Å². The number of halogens is 1. The smallest absolute Gasteiger partial charge is 0.218 e. The molecule has 4 rings (SSSR count). The van der Waals surface area contributed by atoms with Gasteiger partial charge in [0.2, 0.25) is 6.29 Å². The molecule has 5 heteroatoms. The van der Waals surface area contributed by atoms with Crippen LogP contribution in [0.1, 0.15) is 10.4 Å². The van der Waals surface area contributed by atoms with Gasteiger partial charge in [-0.3, -0.25) is 9.59 Å². The molecule has 2 saturated heterocycles. The van der Waals surface area contributed by atoms with Crippen LogP contribution in [0.3, 0.4) is 0 Å². The highest BCUT2D eigenvalue weighted by Crippen LogP contribution is 2.57. The normalized spacial score (nSPS) is 39.0. The fraction of sp³-hybridized carbons (Fsp3) is 0.429. The van der Waals surface area contributed by atoms with Gasteiger partial charge in [0.15, 0.2) is 11.6 Å². The molecule has 2 aliphatic heterocycles. The number of carbonyl (C=O) groups excluding carboxylic acids is 2. The maximum Gasteiger partial charge on any atom is 0.218 e. The topological polar surface area (TPSA) is 52.6 Å². The largest absolute Gasteiger partial charge is 0.343 e. The Hall–Kier alpha value is -1.59. The number of Topliss-reactive ketones (excluding diaryl/α,β-unsaturated/α-hetero) is 2. The third-order valence-corrected chi connectivity index (χ3v) is 4.21. The van der Waals surface area contributed by atoms with Crippen molar-refractivity contribution in [2.24, 2.45) is 17.8 Å². The van der Waals surface area contributed by atoms with Crippen molar-refractivity contribution >= 4 is 11.6 Å². The van der Waals surface area contributed by atoms with E-state index in [-0.39, 0.29) is 41.2 Å². The molecule has 1 aromatic rings. The minimum atomic E-state index is -0.780. The van der Waals surface area contributed by atoms with Crippen molar-refractivity contribution in [2.75, 3.05) is 6.61 Å². The summed E-state index contributed by atoms with van der Waals surface area (Å²) in [6, 6.07) is 5.43. The Labute approximate surface area is 108 Å². The summed E-state index contributed by atoms with van der Waals surface area (Å²) in [4.78, 5) is 24.3. The van der Waals surface area contributed by atoms with E-state index >= 15 is 0 Å². The van der Waals surface area contributed by atoms with Crippen molar-refractivity contribution in [1.82, 2.24) is 0 Å². The monoisotopic (exact) mass is 262 g/mol. The Morgan fingerprint density at radius 2 is 2.00 bits per heavy atom. The van der Waals surface area contributed by atoms with Gasteiger partial charge in [0.25, 0.3) is 0 Å². The second kappa shape index (κ2) is 3.71. The fourth-order valence-corrected chi connectivity index (χ4v) is 3.24. The lowest BCUT2D eigenvalue weighted by Crippen LogP contribution is -2.30. The molecule has 4 nitrogen and oxygen atoms in total. The summed E-state index contributed by atoms with van der Waals surface area (Å²) in [7, 11) is 0. The average Bonchev–Trinajstić information content (AvgIpc) is 3.02. The van der Waals surface area contributed by atoms with E-state index in [2.05, 4.69) is 0 Å². The molecule has 0 aromatic heterocycles. The Kier molecular flexibility index (Phi) is 2.20. The van der Waals surface area contributed by atoms with Crippen LogP contribution in [0.5, 0.6) is 0 Å². The van der Waals surface area contributed by atoms with Crippen molar-refractivity contribution in [3.8, 4) is 0 Å². The molecular weight excluding hydrogens is 251 g/mol. The Morgan fingerprint density at radius 1 is 1.26 bits per heavy atom. The molecule has 98 valence electrons. The van der Waals surface area contributed by atoms with Crippen LogP contribution in [-0.2, 0) is 14.3 Å². The average molecular weight is 262 g/mol. The van der Waals surface area contributed by atoms with E-state index in [0.29, 0.717) is 12.2 Å². The highest BCUT2D eigenvalue weighted by atomic mass is 19.1. The zero-order chi connectivity index (χ0) is 13.1. The van der Waals surface area contributed by atoms with E-state index in [9.17, 15) is 14.0 Å². The van der Waals surface area contributed by atoms with Gasteiger partial charge in [-0.1, -0.05) is 0 Å². The quantitative estimate of drug-likeness (QED) is 0.751. The summed E-state index contributed by atoms with van der Waals surface area (Å²) < 4.78 is 23.5. The maximum absolute atomic E-state index is 12.8. The minimum Gasteiger partial charge on any atom is -0.343 e. The molecule has 19 heavy (non-hydrogen) atoms. The van der Waals surface area contributed by atoms with Crippen LogP contribution < -0.4 is 0 Å². The summed E-state index contributed by atoms with van der Waals surface area (Å²) in [6.07, 6.45) is -0.931. The summed E-state index contributed by atoms with van der Waals surface area (Å²) in [5, 5.41) is 0. The predicted molar refractivity (Wildman–Crippen MR) is 60.8 cm³/mol. The van der Waals surface area contributed by atoms with E-state index < -0.39 is 6.29 Å². The molecular formula is C14H11FO4. The van der Waals surface area contributed by atoms with Crippen LogP contribution in [0.25, 0.3) is 0 Å². The molecule has 2 bridgehead atoms. The van der Waals surface area contributed by atoms with Crippen LogP contribution in [-0.4, -0.2) is 30.6 Å². The second-order valence-electron chi connectivity index (χ2n) is 5.24. The molecule has 0 spiro atoms. The van der Waals surface area contributed by atoms with Crippen LogP contribution in [0.4, 0.5) is 4.39 Å². The van der Waals surface area contributed by atoms with Gasteiger partial charge in [0, 0.05) is 23.3 Å². The summed E-state index contributed by atoms with van der Waals surface area (Å²) in [6.45, 7) is 0.380. The highest BCUT2D eigenvalue weighted by Gasteiger charge is 2.68. The Morgan fingerprint density at radius 3 is 2.74 bits per heavy atom. The van der Waals surface area contributed by atoms with E-state index in [4.69, 9.17) is 9.47 Å². The van der Waals surface area contributed by atoms with Crippen LogP contribution in [0, 0.1) is 23.6 Å². The predicted octanol–water partition coefficient (Wildman–Crippen LogP) is 1.19. The second-order valence-corrected chi connectivity index (χ2v) is 5.24. The van der Waals surface area contributed by atoms with Crippen molar-refractivity contribution < 1.29 is 23.5 Å². The van der Waals surface area contributed by atoms with Gasteiger partial charge in [-0.2, -0.15) is 0 Å². The number of ether oxygens (including phenoxy) is 2. The fourth-order valence-electron chi connectivity index (χ4n) is 3.24. The van der Waals surface area contributed by atoms with Crippen LogP contribution in [0.2, 0.25) is 0 Å². The first-order valence-corrected chi connectivity index (χ1v) is 6.27. The highest BCUT2D eigenvalue weighted by molar-refractivity contribution is 6.05. The third-order valence-electron chi connectivity index (χ3n) is 4.21. The molecule has 2 heterocycles. The maximum atomic E-state index is 12.8. The zero-order valence-electron chi connectivity index (χ0n) is 9.91. The van der Waals surface area contributed by atoms with Crippen LogP contribution >= 0.6 is 0 Å². The molecule has 1 aromatic carbocycles. The van der Waals surface area contributed by atoms with Gasteiger partial charge in [-0.05, 0) is 24.3 Å². The number of hydrogen-bond acceptors (Lipinski definition) is 4. The molecule has 1 aliphatic carbocycles. The molecule has 3 fully saturated rings. The minimum absolute atomic E-state index is 0.0659. The van der Waals surface area contributed by atoms with Crippen molar-refractivity contribution in [3.63, 3.8) is 0 Å². The summed E-state index contributed by atoms with van der Waals surface area (Å²) in [5.41, 5.74) is 0.449. The lowest BCUT2D eigenvalue weighted by Gasteiger charge is -2.14. The molecule has 3 aliphatic rings. The number of carbonyl (C=O) groups is 2. The molecule has 5 atom stereocenters. The molecule has 0 N–H and O–H groups in total. The van der Waals surface area contributed by atoms with Gasteiger partial charge in [0.05, 0.1) is 12.7 Å². The van der Waals surface area contributed by atoms with E-state index in [1.54, 1.807) is 0 Å². The molecule has 4 unspecified atom stereocenters. The number of rotatable bonds is 2. The number of hydrogen-bond donors (Lipinski definition) is 0. The molecule has 0 radical (unpaired) electrons. The summed E-state index contributed by atoms with van der Waals surface area (Å²) in [5.74, 6) is -1.26. The molecule has 1 saturated carbocycles. The third kappa shape index (κ3) is 1.52. The Bertz CT molecular complexity index is 567. The number of fused-ring (bicyclic) bond motifs is 4. The lowest BCUT2D eigenvalue weighted by atomic mass is 10.0. The van der Waals surface area contributed by atoms with Gasteiger partial charge in [-0.15, -0.1) is 0 Å². The van der Waals surface area contributed by atoms with Gasteiger partial charge in [0.1, 0.15) is 5.82 Å². The van der Waals surface area contributed by atoms with Crippen LogP contribution in [0.15, 0.2) is 24.3 Å². The number of ketones is 2. The van der Waals surface area contributed by atoms with E-state index in [1.807, 2.05) is 0 Å². The SMILES string of the molecule is O=C1C2OCC(O2)C2C1[C@@H]2C(=O)c1ccc(F)cc1. The zero-order valence-corrected chi connectivity index (χ0v) is 9.91. The lowest BCUT2D eigenvalue weighted by molar-refractivity contribution is -0.153. The van der Waals surface area contributed by atoms with Crippen molar-refractivity contribution in [3.05, 3.63) is 35.6 Å². The van der Waals surface area contributed by atoms with Gasteiger partial charge in [-0.25, -0.2) is 4.39 Å². The number of benzene rings is 1. The molecule has 0 amide bonds. The Balaban J connectivity index is 1.60. The standard InChI is InChI=1S/C14H11FO4/c15-7-3-1-6(2-4-7)12(16)10-9-8-5-18-14(19-8)13(17)11(9)10/h1-4,8-11,14H,5H2/t8?,9?,10-,11?,14?/m1/s1. The first-order chi connectivity index (χ1) is 9.16.